The van der Waals surface area contributed by atoms with Crippen molar-refractivity contribution in [2.45, 2.75) is 6.18 Å². The molecule has 0 unspecified atom stereocenters. The number of carbonyl (C=O) groups is 1. The first kappa shape index (κ1) is 13.9. The van der Waals surface area contributed by atoms with Gasteiger partial charge in [0, 0.05) is 11.6 Å². The van der Waals surface area contributed by atoms with Crippen molar-refractivity contribution < 1.29 is 32.3 Å². The van der Waals surface area contributed by atoms with E-state index in [4.69, 9.17) is 14.4 Å². The maximum atomic E-state index is 12.7. The molecule has 0 amide bonds. The fourth-order valence-corrected chi connectivity index (χ4v) is 1.53. The molecule has 2 rings (SSSR count). The van der Waals surface area contributed by atoms with Crippen LogP contribution in [0.1, 0.15) is 16.1 Å². The van der Waals surface area contributed by atoms with E-state index in [1.54, 1.807) is 0 Å². The Kier molecular flexibility index (Phi) is 3.39. The molecule has 1 heterocycles. The molecular weight excluding hydrogens is 279 g/mol. The van der Waals surface area contributed by atoms with Gasteiger partial charge in [0.25, 0.3) is 0 Å². The Hall–Kier alpha value is -2.51. The SMILES string of the molecule is COc1cc(-c2cc(C(=O)O)no2)cc(C(F)(F)F)c1. The monoisotopic (exact) mass is 287 g/mol. The normalized spacial score (nSPS) is 11.4. The van der Waals surface area contributed by atoms with E-state index in [0.29, 0.717) is 0 Å². The number of hydrogen-bond donors (Lipinski definition) is 1. The second-order valence-corrected chi connectivity index (χ2v) is 3.83. The number of aromatic nitrogens is 1. The molecule has 0 radical (unpaired) electrons. The molecule has 1 aromatic carbocycles. The number of methoxy groups -OCH3 is 1. The third kappa shape index (κ3) is 2.73. The summed E-state index contributed by atoms with van der Waals surface area (Å²) in [6.07, 6.45) is -4.56. The number of alkyl halides is 3. The number of halogens is 3. The zero-order chi connectivity index (χ0) is 14.9. The third-order valence-electron chi connectivity index (χ3n) is 2.48. The van der Waals surface area contributed by atoms with E-state index in [1.165, 1.54) is 13.2 Å². The lowest BCUT2D eigenvalue weighted by Crippen LogP contribution is -2.05. The van der Waals surface area contributed by atoms with Crippen LogP contribution in [-0.2, 0) is 6.18 Å². The van der Waals surface area contributed by atoms with Gasteiger partial charge in [-0.15, -0.1) is 0 Å². The van der Waals surface area contributed by atoms with E-state index in [2.05, 4.69) is 5.16 Å². The van der Waals surface area contributed by atoms with Crippen molar-refractivity contribution in [3.63, 3.8) is 0 Å². The van der Waals surface area contributed by atoms with E-state index in [9.17, 15) is 18.0 Å². The Balaban J connectivity index is 2.52. The van der Waals surface area contributed by atoms with Crippen LogP contribution >= 0.6 is 0 Å². The second kappa shape index (κ2) is 4.87. The zero-order valence-corrected chi connectivity index (χ0v) is 10.1. The minimum Gasteiger partial charge on any atom is -0.497 e. The average Bonchev–Trinajstić information content (AvgIpc) is 2.87. The van der Waals surface area contributed by atoms with Crippen molar-refractivity contribution in [2.24, 2.45) is 0 Å². The Morgan fingerprint density at radius 3 is 2.50 bits per heavy atom. The molecule has 5 nitrogen and oxygen atoms in total. The number of nitrogens with zero attached hydrogens (tertiary/aromatic N) is 1. The van der Waals surface area contributed by atoms with Crippen molar-refractivity contribution in [1.29, 1.82) is 0 Å². The largest absolute Gasteiger partial charge is 0.497 e. The van der Waals surface area contributed by atoms with Crippen LogP contribution in [0.15, 0.2) is 28.8 Å². The zero-order valence-electron chi connectivity index (χ0n) is 10.1. The van der Waals surface area contributed by atoms with Gasteiger partial charge in [0.2, 0.25) is 0 Å². The van der Waals surface area contributed by atoms with Crippen LogP contribution in [0.4, 0.5) is 13.2 Å². The summed E-state index contributed by atoms with van der Waals surface area (Å²) in [5, 5.41) is 11.9. The van der Waals surface area contributed by atoms with Crippen molar-refractivity contribution in [3.8, 4) is 17.1 Å². The maximum Gasteiger partial charge on any atom is 0.416 e. The molecule has 0 saturated carbocycles. The fourth-order valence-electron chi connectivity index (χ4n) is 1.53. The number of rotatable bonds is 3. The molecule has 8 heteroatoms. The maximum absolute atomic E-state index is 12.7. The highest BCUT2D eigenvalue weighted by atomic mass is 19.4. The topological polar surface area (TPSA) is 72.6 Å². The quantitative estimate of drug-likeness (QED) is 0.939. The lowest BCUT2D eigenvalue weighted by atomic mass is 10.1. The Labute approximate surface area is 110 Å². The molecule has 0 aliphatic heterocycles. The lowest BCUT2D eigenvalue weighted by Gasteiger charge is -2.10. The van der Waals surface area contributed by atoms with E-state index in [-0.39, 0.29) is 17.1 Å². The van der Waals surface area contributed by atoms with Gasteiger partial charge in [0.1, 0.15) is 5.75 Å². The summed E-state index contributed by atoms with van der Waals surface area (Å²) in [6.45, 7) is 0. The summed E-state index contributed by atoms with van der Waals surface area (Å²) < 4.78 is 47.7. The lowest BCUT2D eigenvalue weighted by molar-refractivity contribution is -0.137. The predicted molar refractivity (Wildman–Crippen MR) is 60.5 cm³/mol. The number of hydrogen-bond acceptors (Lipinski definition) is 4. The summed E-state index contributed by atoms with van der Waals surface area (Å²) in [7, 11) is 1.22. The van der Waals surface area contributed by atoms with Gasteiger partial charge >= 0.3 is 12.1 Å². The number of aromatic carboxylic acids is 1. The van der Waals surface area contributed by atoms with Gasteiger partial charge in [0.15, 0.2) is 11.5 Å². The highest BCUT2D eigenvalue weighted by molar-refractivity contribution is 5.86. The molecule has 0 saturated heterocycles. The first-order valence-corrected chi connectivity index (χ1v) is 5.28. The highest BCUT2D eigenvalue weighted by Gasteiger charge is 2.32. The molecule has 0 bridgehead atoms. The molecule has 1 N–H and O–H groups in total. The molecule has 106 valence electrons. The highest BCUT2D eigenvalue weighted by Crippen LogP contribution is 2.35. The van der Waals surface area contributed by atoms with Crippen molar-refractivity contribution in [1.82, 2.24) is 5.16 Å². The van der Waals surface area contributed by atoms with Crippen LogP contribution < -0.4 is 4.74 Å². The van der Waals surface area contributed by atoms with Crippen LogP contribution in [0.25, 0.3) is 11.3 Å². The van der Waals surface area contributed by atoms with Crippen molar-refractivity contribution in [3.05, 3.63) is 35.5 Å². The first-order chi connectivity index (χ1) is 9.31. The molecule has 0 atom stereocenters. The molecular formula is C12H8F3NO4. The standard InChI is InChI=1S/C12H8F3NO4/c1-19-8-3-6(2-7(4-8)12(13,14)15)10-5-9(11(17)18)16-20-10/h2-5H,1H3,(H,17,18). The summed E-state index contributed by atoms with van der Waals surface area (Å²) in [5.74, 6) is -1.45. The Morgan fingerprint density at radius 2 is 2.00 bits per heavy atom. The smallest absolute Gasteiger partial charge is 0.416 e. The van der Waals surface area contributed by atoms with E-state index in [1.807, 2.05) is 0 Å². The summed E-state index contributed by atoms with van der Waals surface area (Å²) in [5.41, 5.74) is -1.30. The Morgan fingerprint density at radius 1 is 1.30 bits per heavy atom. The van der Waals surface area contributed by atoms with Crippen LogP contribution in [0.5, 0.6) is 5.75 Å². The first-order valence-electron chi connectivity index (χ1n) is 5.28. The molecule has 0 fully saturated rings. The number of carboxylic acids is 1. The van der Waals surface area contributed by atoms with Crippen LogP contribution in [0.3, 0.4) is 0 Å². The van der Waals surface area contributed by atoms with Crippen LogP contribution in [0.2, 0.25) is 0 Å². The van der Waals surface area contributed by atoms with Gasteiger partial charge < -0.3 is 14.4 Å². The van der Waals surface area contributed by atoms with Crippen molar-refractivity contribution >= 4 is 5.97 Å². The molecule has 0 aliphatic carbocycles. The van der Waals surface area contributed by atoms with E-state index >= 15 is 0 Å². The number of benzene rings is 1. The van der Waals surface area contributed by atoms with Crippen LogP contribution in [-0.4, -0.2) is 23.3 Å². The van der Waals surface area contributed by atoms with Crippen LogP contribution in [0, 0.1) is 0 Å². The minimum atomic E-state index is -4.56. The summed E-state index contributed by atoms with van der Waals surface area (Å²) in [4.78, 5) is 10.7. The van der Waals surface area contributed by atoms with Gasteiger partial charge in [-0.2, -0.15) is 13.2 Å². The number of carboxylic acid groups (broad SMARTS) is 1. The van der Waals surface area contributed by atoms with Gasteiger partial charge in [-0.05, 0) is 18.2 Å². The van der Waals surface area contributed by atoms with E-state index in [0.717, 1.165) is 18.2 Å². The van der Waals surface area contributed by atoms with Crippen molar-refractivity contribution in [2.75, 3.05) is 7.11 Å². The Bertz CT molecular complexity index is 648. The predicted octanol–water partition coefficient (Wildman–Crippen LogP) is 3.07. The van der Waals surface area contributed by atoms with Gasteiger partial charge in [-0.1, -0.05) is 5.16 Å². The summed E-state index contributed by atoms with van der Waals surface area (Å²) in [6, 6.07) is 3.99. The molecule has 2 aromatic rings. The molecule has 1 aromatic heterocycles. The fraction of sp³-hybridized carbons (Fsp3) is 0.167. The van der Waals surface area contributed by atoms with Gasteiger partial charge in [0.05, 0.1) is 12.7 Å². The molecule has 0 spiro atoms. The number of ether oxygens (including phenoxy) is 1. The van der Waals surface area contributed by atoms with E-state index < -0.39 is 23.4 Å². The van der Waals surface area contributed by atoms with Gasteiger partial charge in [-0.25, -0.2) is 4.79 Å². The third-order valence-corrected chi connectivity index (χ3v) is 2.48. The average molecular weight is 287 g/mol. The molecule has 20 heavy (non-hydrogen) atoms. The minimum absolute atomic E-state index is 0.0247. The molecule has 0 aliphatic rings. The van der Waals surface area contributed by atoms with Gasteiger partial charge in [-0.3, -0.25) is 0 Å². The second-order valence-electron chi connectivity index (χ2n) is 3.83. The summed E-state index contributed by atoms with van der Waals surface area (Å²) >= 11 is 0.